The summed E-state index contributed by atoms with van der Waals surface area (Å²) in [6.45, 7) is 2.13. The normalized spacial score (nSPS) is 15.9. The van der Waals surface area contributed by atoms with Gasteiger partial charge in [-0.1, -0.05) is 35.4 Å². The molecule has 0 fully saturated rings. The van der Waals surface area contributed by atoms with Gasteiger partial charge < -0.3 is 13.7 Å². The fourth-order valence-corrected chi connectivity index (χ4v) is 3.99. The zero-order valence-corrected chi connectivity index (χ0v) is 16.3. The van der Waals surface area contributed by atoms with E-state index in [1.54, 1.807) is 47.6 Å². The predicted octanol–water partition coefficient (Wildman–Crippen LogP) is 5.09. The Morgan fingerprint density at radius 3 is 2.59 bits per heavy atom. The van der Waals surface area contributed by atoms with Crippen molar-refractivity contribution >= 4 is 28.5 Å². The van der Waals surface area contributed by atoms with Crippen LogP contribution in [0, 0.1) is 6.92 Å². The first-order valence-electron chi connectivity index (χ1n) is 9.19. The zero-order valence-electron chi connectivity index (χ0n) is 15.5. The van der Waals surface area contributed by atoms with Crippen LogP contribution in [-0.4, -0.2) is 10.8 Å². The average Bonchev–Trinajstić information content (AvgIpc) is 3.32. The molecule has 0 saturated heterocycles. The highest BCUT2D eigenvalue weighted by atomic mass is 35.5. The first kappa shape index (κ1) is 17.8. The average molecular weight is 406 g/mol. The Labute approximate surface area is 171 Å². The molecule has 1 amide bonds. The van der Waals surface area contributed by atoms with Crippen molar-refractivity contribution in [1.82, 2.24) is 4.90 Å². The second kappa shape index (κ2) is 6.64. The molecule has 6 heteroatoms. The maximum Gasteiger partial charge on any atom is 0.291 e. The van der Waals surface area contributed by atoms with E-state index in [4.69, 9.17) is 20.4 Å². The fraction of sp³-hybridized carbons (Fsp3) is 0.130. The van der Waals surface area contributed by atoms with E-state index in [2.05, 4.69) is 0 Å². The highest BCUT2D eigenvalue weighted by molar-refractivity contribution is 6.30. The summed E-state index contributed by atoms with van der Waals surface area (Å²) in [4.78, 5) is 28.3. The first-order chi connectivity index (χ1) is 14.0. The highest BCUT2D eigenvalue weighted by Gasteiger charge is 2.43. The minimum Gasteiger partial charge on any atom is -0.467 e. The molecule has 0 aliphatic carbocycles. The molecular formula is C23H16ClNO4. The summed E-state index contributed by atoms with van der Waals surface area (Å²) in [5, 5.41) is 1.05. The molecule has 1 aliphatic rings. The Balaban J connectivity index is 1.75. The number of carbonyl (C=O) groups is 1. The lowest BCUT2D eigenvalue weighted by molar-refractivity contribution is 0.0701. The number of aryl methyl sites for hydroxylation is 1. The van der Waals surface area contributed by atoms with Crippen LogP contribution in [0.15, 0.2) is 74.5 Å². The molecule has 0 bridgehead atoms. The first-order valence-corrected chi connectivity index (χ1v) is 9.57. The van der Waals surface area contributed by atoms with E-state index in [1.807, 2.05) is 25.1 Å². The number of hydrogen-bond acceptors (Lipinski definition) is 4. The molecule has 0 unspecified atom stereocenters. The Bertz CT molecular complexity index is 1290. The summed E-state index contributed by atoms with van der Waals surface area (Å²) in [6.07, 6.45) is 1.56. The number of rotatable bonds is 3. The minimum atomic E-state index is -0.582. The number of nitrogens with zero attached hydrogens (tertiary/aromatic N) is 1. The minimum absolute atomic E-state index is 0.0814. The van der Waals surface area contributed by atoms with Gasteiger partial charge in [0.1, 0.15) is 11.3 Å². The Morgan fingerprint density at radius 1 is 1.07 bits per heavy atom. The molecule has 1 aliphatic heterocycles. The lowest BCUT2D eigenvalue weighted by atomic mass is 9.98. The Morgan fingerprint density at radius 2 is 1.86 bits per heavy atom. The van der Waals surface area contributed by atoms with E-state index in [0.717, 1.165) is 11.1 Å². The lowest BCUT2D eigenvalue weighted by Gasteiger charge is -2.24. The summed E-state index contributed by atoms with van der Waals surface area (Å²) in [6, 6.07) is 15.5. The highest BCUT2D eigenvalue weighted by Crippen LogP contribution is 2.39. The molecule has 0 spiro atoms. The van der Waals surface area contributed by atoms with Crippen molar-refractivity contribution in [3.05, 3.63) is 104 Å². The summed E-state index contributed by atoms with van der Waals surface area (Å²) >= 11 is 6.05. The van der Waals surface area contributed by atoms with Crippen LogP contribution in [-0.2, 0) is 6.54 Å². The van der Waals surface area contributed by atoms with Crippen LogP contribution in [0.2, 0.25) is 5.02 Å². The summed E-state index contributed by atoms with van der Waals surface area (Å²) in [7, 11) is 0. The Kier molecular flexibility index (Phi) is 4.07. The van der Waals surface area contributed by atoms with Gasteiger partial charge in [0.05, 0.1) is 29.8 Å². The standard InChI is InChI=1S/C23H16ClNO4/c1-13-4-9-18-17(11-13)21(26)19-20(14-5-7-15(24)8-6-14)25(23(27)22(19)29-18)12-16-3-2-10-28-16/h2-11,20H,12H2,1H3/t20-/m0/s1. The summed E-state index contributed by atoms with van der Waals surface area (Å²) in [5.74, 6) is 0.367. The third-order valence-corrected chi connectivity index (χ3v) is 5.47. The maximum absolute atomic E-state index is 13.4. The monoisotopic (exact) mass is 405 g/mol. The van der Waals surface area contributed by atoms with Crippen LogP contribution in [0.4, 0.5) is 0 Å². The quantitative estimate of drug-likeness (QED) is 0.476. The van der Waals surface area contributed by atoms with E-state index >= 15 is 0 Å². The Hall–Kier alpha value is -3.31. The van der Waals surface area contributed by atoms with Crippen molar-refractivity contribution < 1.29 is 13.6 Å². The van der Waals surface area contributed by atoms with Gasteiger partial charge in [-0.25, -0.2) is 0 Å². The number of furan rings is 1. The van der Waals surface area contributed by atoms with Crippen LogP contribution in [0.25, 0.3) is 11.0 Å². The van der Waals surface area contributed by atoms with Gasteiger partial charge in [-0.15, -0.1) is 0 Å². The van der Waals surface area contributed by atoms with Crippen molar-refractivity contribution in [2.75, 3.05) is 0 Å². The molecule has 29 heavy (non-hydrogen) atoms. The summed E-state index contributed by atoms with van der Waals surface area (Å²) in [5.41, 5.74) is 2.29. The fourth-order valence-electron chi connectivity index (χ4n) is 3.86. The van der Waals surface area contributed by atoms with E-state index in [-0.39, 0.29) is 23.6 Å². The molecule has 1 atom stereocenters. The van der Waals surface area contributed by atoms with Gasteiger partial charge in [0, 0.05) is 5.02 Å². The van der Waals surface area contributed by atoms with Crippen molar-refractivity contribution in [1.29, 1.82) is 0 Å². The molecule has 5 rings (SSSR count). The third kappa shape index (κ3) is 2.86. The smallest absolute Gasteiger partial charge is 0.291 e. The van der Waals surface area contributed by atoms with Crippen molar-refractivity contribution in [2.45, 2.75) is 19.5 Å². The van der Waals surface area contributed by atoms with Gasteiger partial charge in [-0.05, 0) is 48.9 Å². The topological polar surface area (TPSA) is 63.7 Å². The molecule has 2 aromatic heterocycles. The second-order valence-electron chi connectivity index (χ2n) is 7.14. The number of fused-ring (bicyclic) bond motifs is 2. The van der Waals surface area contributed by atoms with Crippen LogP contribution in [0.3, 0.4) is 0 Å². The van der Waals surface area contributed by atoms with Crippen LogP contribution < -0.4 is 5.43 Å². The molecule has 0 saturated carbocycles. The van der Waals surface area contributed by atoms with Crippen molar-refractivity contribution in [2.24, 2.45) is 0 Å². The number of amides is 1. The van der Waals surface area contributed by atoms with E-state index in [1.165, 1.54) is 0 Å². The molecule has 2 aromatic carbocycles. The largest absolute Gasteiger partial charge is 0.467 e. The van der Waals surface area contributed by atoms with Crippen LogP contribution in [0.5, 0.6) is 0 Å². The lowest BCUT2D eigenvalue weighted by Crippen LogP contribution is -2.29. The van der Waals surface area contributed by atoms with Gasteiger partial charge in [0.2, 0.25) is 5.76 Å². The zero-order chi connectivity index (χ0) is 20.1. The van der Waals surface area contributed by atoms with Crippen molar-refractivity contribution in [3.8, 4) is 0 Å². The van der Waals surface area contributed by atoms with Crippen molar-refractivity contribution in [3.63, 3.8) is 0 Å². The molecule has 3 heterocycles. The van der Waals surface area contributed by atoms with Crippen LogP contribution in [0.1, 0.15) is 39.0 Å². The predicted molar refractivity (Wildman–Crippen MR) is 109 cm³/mol. The van der Waals surface area contributed by atoms with Crippen LogP contribution >= 0.6 is 11.6 Å². The molecular weight excluding hydrogens is 390 g/mol. The van der Waals surface area contributed by atoms with Gasteiger partial charge in [-0.3, -0.25) is 9.59 Å². The molecule has 0 N–H and O–H groups in total. The van der Waals surface area contributed by atoms with E-state index < -0.39 is 6.04 Å². The maximum atomic E-state index is 13.4. The van der Waals surface area contributed by atoms with Gasteiger partial charge in [0.25, 0.3) is 5.91 Å². The van der Waals surface area contributed by atoms with Gasteiger partial charge in [-0.2, -0.15) is 0 Å². The number of benzene rings is 2. The number of halogens is 1. The second-order valence-corrected chi connectivity index (χ2v) is 7.58. The molecule has 5 nitrogen and oxygen atoms in total. The third-order valence-electron chi connectivity index (χ3n) is 5.21. The number of hydrogen-bond donors (Lipinski definition) is 0. The summed E-state index contributed by atoms with van der Waals surface area (Å²) < 4.78 is 11.4. The van der Waals surface area contributed by atoms with E-state index in [0.29, 0.717) is 27.3 Å². The number of carbonyl (C=O) groups excluding carboxylic acids is 1. The van der Waals surface area contributed by atoms with Gasteiger partial charge >= 0.3 is 0 Å². The molecule has 4 aromatic rings. The molecule has 144 valence electrons. The molecule has 0 radical (unpaired) electrons. The van der Waals surface area contributed by atoms with E-state index in [9.17, 15) is 9.59 Å². The SMILES string of the molecule is Cc1ccc2oc3c(c(=O)c2c1)[C@H](c1ccc(Cl)cc1)N(Cc1ccco1)C3=O. The van der Waals surface area contributed by atoms with Gasteiger partial charge in [0.15, 0.2) is 5.43 Å².